The van der Waals surface area contributed by atoms with Crippen LogP contribution in [0.25, 0.3) is 0 Å². The van der Waals surface area contributed by atoms with Crippen LogP contribution in [0.3, 0.4) is 0 Å². The maximum Gasteiger partial charge on any atom is 0.244 e. The van der Waals surface area contributed by atoms with Gasteiger partial charge in [-0.05, 0) is 37.3 Å². The smallest absolute Gasteiger partial charge is 0.244 e. The van der Waals surface area contributed by atoms with Gasteiger partial charge in [-0.3, -0.25) is 0 Å². The van der Waals surface area contributed by atoms with Crippen molar-refractivity contribution >= 4 is 21.6 Å². The van der Waals surface area contributed by atoms with Gasteiger partial charge >= 0.3 is 0 Å². The standard InChI is InChI=1S/C17H20ClNO5S/c1-3-23-14-5-4-6-15(12-14)24-10-9-19-25(20,21)17-11-13(18)7-8-16(17)22-2/h4-8,11-12,19H,3,9-10H2,1-2H3. The minimum Gasteiger partial charge on any atom is -0.495 e. The molecule has 0 aliphatic heterocycles. The number of methoxy groups -OCH3 is 1. The van der Waals surface area contributed by atoms with Crippen LogP contribution in [0.2, 0.25) is 5.02 Å². The van der Waals surface area contributed by atoms with Gasteiger partial charge in [0, 0.05) is 17.6 Å². The second kappa shape index (κ2) is 8.94. The van der Waals surface area contributed by atoms with Gasteiger partial charge in [0.05, 0.1) is 13.7 Å². The Labute approximate surface area is 152 Å². The molecule has 2 aromatic carbocycles. The fourth-order valence-electron chi connectivity index (χ4n) is 2.10. The van der Waals surface area contributed by atoms with Crippen LogP contribution in [-0.4, -0.2) is 35.3 Å². The van der Waals surface area contributed by atoms with Crippen LogP contribution in [0.15, 0.2) is 47.4 Å². The fourth-order valence-corrected chi connectivity index (χ4v) is 3.55. The Morgan fingerprint density at radius 1 is 1.08 bits per heavy atom. The van der Waals surface area contributed by atoms with Gasteiger partial charge in [-0.25, -0.2) is 13.1 Å². The monoisotopic (exact) mass is 385 g/mol. The van der Waals surface area contributed by atoms with E-state index in [0.717, 1.165) is 0 Å². The van der Waals surface area contributed by atoms with Gasteiger partial charge in [0.25, 0.3) is 0 Å². The van der Waals surface area contributed by atoms with Gasteiger partial charge in [-0.1, -0.05) is 17.7 Å². The molecule has 0 fully saturated rings. The normalized spacial score (nSPS) is 11.2. The Kier molecular flexibility index (Phi) is 6.92. The molecular weight excluding hydrogens is 366 g/mol. The van der Waals surface area contributed by atoms with E-state index >= 15 is 0 Å². The minimum atomic E-state index is -3.76. The predicted molar refractivity (Wildman–Crippen MR) is 96.3 cm³/mol. The van der Waals surface area contributed by atoms with E-state index < -0.39 is 10.0 Å². The third-order valence-corrected chi connectivity index (χ3v) is 4.91. The highest BCUT2D eigenvalue weighted by molar-refractivity contribution is 7.89. The molecule has 0 aliphatic rings. The average Bonchev–Trinajstić information content (AvgIpc) is 2.59. The van der Waals surface area contributed by atoms with Gasteiger partial charge < -0.3 is 14.2 Å². The first-order valence-electron chi connectivity index (χ1n) is 7.65. The molecule has 0 aromatic heterocycles. The molecule has 0 spiro atoms. The third kappa shape index (κ3) is 5.52. The van der Waals surface area contributed by atoms with Crippen molar-refractivity contribution in [1.29, 1.82) is 0 Å². The second-order valence-electron chi connectivity index (χ2n) is 4.95. The quantitative estimate of drug-likeness (QED) is 0.671. The summed E-state index contributed by atoms with van der Waals surface area (Å²) in [5, 5.41) is 0.310. The van der Waals surface area contributed by atoms with Crippen LogP contribution in [0.5, 0.6) is 17.2 Å². The first-order valence-corrected chi connectivity index (χ1v) is 9.51. The summed E-state index contributed by atoms with van der Waals surface area (Å²) in [6.07, 6.45) is 0. The number of halogens is 1. The van der Waals surface area contributed by atoms with Crippen molar-refractivity contribution in [3.63, 3.8) is 0 Å². The van der Waals surface area contributed by atoms with Crippen molar-refractivity contribution in [3.8, 4) is 17.2 Å². The number of hydrogen-bond acceptors (Lipinski definition) is 5. The lowest BCUT2D eigenvalue weighted by atomic mass is 10.3. The van der Waals surface area contributed by atoms with Crippen LogP contribution in [0.1, 0.15) is 6.92 Å². The summed E-state index contributed by atoms with van der Waals surface area (Å²) >= 11 is 5.88. The van der Waals surface area contributed by atoms with Gasteiger partial charge in [0.2, 0.25) is 10.0 Å². The highest BCUT2D eigenvalue weighted by Gasteiger charge is 2.19. The lowest BCUT2D eigenvalue weighted by molar-refractivity contribution is 0.313. The number of hydrogen-bond donors (Lipinski definition) is 1. The third-order valence-electron chi connectivity index (χ3n) is 3.19. The zero-order valence-electron chi connectivity index (χ0n) is 14.0. The summed E-state index contributed by atoms with van der Waals surface area (Å²) in [5.74, 6) is 1.52. The molecule has 8 heteroatoms. The molecule has 0 unspecified atom stereocenters. The summed E-state index contributed by atoms with van der Waals surface area (Å²) in [7, 11) is -2.36. The highest BCUT2D eigenvalue weighted by atomic mass is 35.5. The van der Waals surface area contributed by atoms with E-state index in [1.54, 1.807) is 24.3 Å². The summed E-state index contributed by atoms with van der Waals surface area (Å²) in [5.41, 5.74) is 0. The topological polar surface area (TPSA) is 73.9 Å². The van der Waals surface area contributed by atoms with Crippen LogP contribution in [0, 0.1) is 0 Å². The molecule has 0 radical (unpaired) electrons. The number of ether oxygens (including phenoxy) is 3. The number of sulfonamides is 1. The van der Waals surface area contributed by atoms with E-state index in [1.165, 1.54) is 19.2 Å². The Hall–Kier alpha value is -1.96. The van der Waals surface area contributed by atoms with E-state index in [2.05, 4.69) is 4.72 Å². The van der Waals surface area contributed by atoms with Crippen molar-refractivity contribution in [2.45, 2.75) is 11.8 Å². The Balaban J connectivity index is 1.95. The number of benzene rings is 2. The Morgan fingerprint density at radius 2 is 1.80 bits per heavy atom. The summed E-state index contributed by atoms with van der Waals surface area (Å²) in [6, 6.07) is 11.6. The first-order chi connectivity index (χ1) is 12.0. The molecule has 2 aromatic rings. The molecular formula is C17H20ClNO5S. The highest BCUT2D eigenvalue weighted by Crippen LogP contribution is 2.26. The SMILES string of the molecule is CCOc1cccc(OCCNS(=O)(=O)c2cc(Cl)ccc2OC)c1. The molecule has 0 heterocycles. The maximum atomic E-state index is 12.4. The van der Waals surface area contributed by atoms with E-state index in [9.17, 15) is 8.42 Å². The molecule has 1 N–H and O–H groups in total. The van der Waals surface area contributed by atoms with Crippen LogP contribution >= 0.6 is 11.6 Å². The molecule has 0 saturated carbocycles. The molecule has 0 saturated heterocycles. The Bertz CT molecular complexity index is 810. The van der Waals surface area contributed by atoms with Gasteiger partial charge in [-0.15, -0.1) is 0 Å². The zero-order chi connectivity index (χ0) is 18.3. The molecule has 0 bridgehead atoms. The van der Waals surface area contributed by atoms with Crippen molar-refractivity contribution in [2.24, 2.45) is 0 Å². The number of rotatable bonds is 9. The van der Waals surface area contributed by atoms with E-state index in [-0.39, 0.29) is 23.8 Å². The second-order valence-corrected chi connectivity index (χ2v) is 7.12. The van der Waals surface area contributed by atoms with Gasteiger partial charge in [0.1, 0.15) is 28.8 Å². The Morgan fingerprint density at radius 3 is 2.48 bits per heavy atom. The van der Waals surface area contributed by atoms with Crippen molar-refractivity contribution in [3.05, 3.63) is 47.5 Å². The van der Waals surface area contributed by atoms with Gasteiger partial charge in [-0.2, -0.15) is 0 Å². The minimum absolute atomic E-state index is 0.0131. The predicted octanol–water partition coefficient (Wildman–Crippen LogP) is 3.10. The van der Waals surface area contributed by atoms with Crippen molar-refractivity contribution in [2.75, 3.05) is 26.9 Å². The van der Waals surface area contributed by atoms with Crippen molar-refractivity contribution < 1.29 is 22.6 Å². The van der Waals surface area contributed by atoms with E-state index in [4.69, 9.17) is 25.8 Å². The molecule has 2 rings (SSSR count). The van der Waals surface area contributed by atoms with Crippen LogP contribution in [0.4, 0.5) is 0 Å². The van der Waals surface area contributed by atoms with Crippen molar-refractivity contribution in [1.82, 2.24) is 4.72 Å². The lowest BCUT2D eigenvalue weighted by Gasteiger charge is -2.12. The zero-order valence-corrected chi connectivity index (χ0v) is 15.6. The molecule has 6 nitrogen and oxygen atoms in total. The molecule has 0 atom stereocenters. The number of nitrogens with one attached hydrogen (secondary N) is 1. The fraction of sp³-hybridized carbons (Fsp3) is 0.294. The van der Waals surface area contributed by atoms with Gasteiger partial charge in [0.15, 0.2) is 0 Å². The summed E-state index contributed by atoms with van der Waals surface area (Å²) < 4.78 is 43.2. The molecule has 25 heavy (non-hydrogen) atoms. The molecule has 0 amide bonds. The van der Waals surface area contributed by atoms with Crippen LogP contribution < -0.4 is 18.9 Å². The largest absolute Gasteiger partial charge is 0.495 e. The summed E-state index contributed by atoms with van der Waals surface area (Å²) in [4.78, 5) is -0.0131. The lowest BCUT2D eigenvalue weighted by Crippen LogP contribution is -2.28. The van der Waals surface area contributed by atoms with E-state index in [0.29, 0.717) is 23.1 Å². The molecule has 0 aliphatic carbocycles. The summed E-state index contributed by atoms with van der Waals surface area (Å²) in [6.45, 7) is 2.71. The van der Waals surface area contributed by atoms with Crippen LogP contribution in [-0.2, 0) is 10.0 Å². The van der Waals surface area contributed by atoms with E-state index in [1.807, 2.05) is 13.0 Å². The average molecular weight is 386 g/mol. The maximum absolute atomic E-state index is 12.4. The molecule has 136 valence electrons. The first kappa shape index (κ1) is 19.4.